The van der Waals surface area contributed by atoms with Crippen molar-refractivity contribution >= 4 is 11.6 Å². The van der Waals surface area contributed by atoms with Gasteiger partial charge in [0.1, 0.15) is 5.75 Å². The summed E-state index contributed by atoms with van der Waals surface area (Å²) in [5.74, 6) is 0.566. The summed E-state index contributed by atoms with van der Waals surface area (Å²) in [5.41, 5.74) is 6.91. The molecule has 0 aliphatic carbocycles. The highest BCUT2D eigenvalue weighted by molar-refractivity contribution is 5.98. The van der Waals surface area contributed by atoms with Crippen LogP contribution < -0.4 is 15.8 Å². The minimum Gasteiger partial charge on any atom is -0.478 e. The second-order valence-electron chi connectivity index (χ2n) is 5.33. The standard InChI is InChI=1S/C14H20N2O3/c1-7(2)13-14(18)16-10-6-9(12(17)8(3)15)4-5-11(10)19-13/h4-8,12-13,17H,15H2,1-3H3,(H,16,18). The van der Waals surface area contributed by atoms with Gasteiger partial charge in [0.2, 0.25) is 0 Å². The van der Waals surface area contributed by atoms with Crippen LogP contribution in [0.3, 0.4) is 0 Å². The number of anilines is 1. The second-order valence-corrected chi connectivity index (χ2v) is 5.33. The van der Waals surface area contributed by atoms with Gasteiger partial charge in [-0.15, -0.1) is 0 Å². The molecule has 1 aromatic carbocycles. The minimum atomic E-state index is -0.759. The minimum absolute atomic E-state index is 0.0995. The molecule has 1 aromatic rings. The largest absolute Gasteiger partial charge is 0.478 e. The molecule has 0 bridgehead atoms. The molecular formula is C14H20N2O3. The first-order chi connectivity index (χ1) is 8.90. The van der Waals surface area contributed by atoms with Gasteiger partial charge in [0, 0.05) is 6.04 Å². The quantitative estimate of drug-likeness (QED) is 0.771. The average molecular weight is 264 g/mol. The van der Waals surface area contributed by atoms with Crippen LogP contribution in [0.4, 0.5) is 5.69 Å². The maximum atomic E-state index is 11.9. The number of benzene rings is 1. The normalized spacial score (nSPS) is 21.4. The summed E-state index contributed by atoms with van der Waals surface area (Å²) < 4.78 is 5.68. The molecule has 0 saturated heterocycles. The Bertz CT molecular complexity index is 486. The fourth-order valence-electron chi connectivity index (χ4n) is 2.07. The Hall–Kier alpha value is -1.59. The van der Waals surface area contributed by atoms with Crippen LogP contribution in [0.25, 0.3) is 0 Å². The van der Waals surface area contributed by atoms with Gasteiger partial charge < -0.3 is 20.9 Å². The zero-order chi connectivity index (χ0) is 14.2. The van der Waals surface area contributed by atoms with E-state index >= 15 is 0 Å². The molecule has 5 heteroatoms. The molecule has 1 heterocycles. The van der Waals surface area contributed by atoms with E-state index in [1.807, 2.05) is 13.8 Å². The van der Waals surface area contributed by atoms with Crippen molar-refractivity contribution in [2.45, 2.75) is 39.0 Å². The molecular weight excluding hydrogens is 244 g/mol. The third-order valence-corrected chi connectivity index (χ3v) is 3.22. The molecule has 1 amide bonds. The zero-order valence-corrected chi connectivity index (χ0v) is 11.4. The van der Waals surface area contributed by atoms with Crippen LogP contribution in [0.15, 0.2) is 18.2 Å². The third kappa shape index (κ3) is 2.72. The average Bonchev–Trinajstić information content (AvgIpc) is 2.35. The van der Waals surface area contributed by atoms with Crippen LogP contribution in [0.2, 0.25) is 0 Å². The summed E-state index contributed by atoms with van der Waals surface area (Å²) >= 11 is 0. The van der Waals surface area contributed by atoms with Crippen molar-refractivity contribution in [2.75, 3.05) is 5.32 Å². The Labute approximate surface area is 112 Å². The first kappa shape index (κ1) is 13.8. The third-order valence-electron chi connectivity index (χ3n) is 3.22. The van der Waals surface area contributed by atoms with E-state index in [9.17, 15) is 9.90 Å². The van der Waals surface area contributed by atoms with Gasteiger partial charge in [0.05, 0.1) is 11.8 Å². The lowest BCUT2D eigenvalue weighted by Gasteiger charge is -2.29. The number of carbonyl (C=O) groups is 1. The predicted molar refractivity (Wildman–Crippen MR) is 72.9 cm³/mol. The lowest BCUT2D eigenvalue weighted by atomic mass is 10.0. The molecule has 0 fully saturated rings. The number of hydrogen-bond acceptors (Lipinski definition) is 4. The van der Waals surface area contributed by atoms with E-state index in [4.69, 9.17) is 10.5 Å². The number of amides is 1. The number of fused-ring (bicyclic) bond motifs is 1. The molecule has 4 N–H and O–H groups in total. The number of carbonyl (C=O) groups excluding carboxylic acids is 1. The molecule has 1 aliphatic heterocycles. The number of ether oxygens (including phenoxy) is 1. The summed E-state index contributed by atoms with van der Waals surface area (Å²) in [6.07, 6.45) is -1.23. The maximum absolute atomic E-state index is 11.9. The van der Waals surface area contributed by atoms with Crippen LogP contribution >= 0.6 is 0 Å². The van der Waals surface area contributed by atoms with Gasteiger partial charge in [-0.1, -0.05) is 19.9 Å². The molecule has 104 valence electrons. The van der Waals surface area contributed by atoms with Crippen molar-refractivity contribution in [1.29, 1.82) is 0 Å². The molecule has 0 radical (unpaired) electrons. The van der Waals surface area contributed by atoms with E-state index in [0.29, 0.717) is 17.0 Å². The van der Waals surface area contributed by atoms with Gasteiger partial charge in [-0.05, 0) is 30.5 Å². The Balaban J connectivity index is 2.29. The number of aliphatic hydroxyl groups excluding tert-OH is 1. The van der Waals surface area contributed by atoms with Gasteiger partial charge in [-0.2, -0.15) is 0 Å². The van der Waals surface area contributed by atoms with Gasteiger partial charge in [-0.25, -0.2) is 0 Å². The number of rotatable bonds is 3. The highest BCUT2D eigenvalue weighted by atomic mass is 16.5. The van der Waals surface area contributed by atoms with Gasteiger partial charge in [-0.3, -0.25) is 4.79 Å². The molecule has 1 aliphatic rings. The lowest BCUT2D eigenvalue weighted by Crippen LogP contribution is -2.40. The number of nitrogens with two attached hydrogens (primary N) is 1. The van der Waals surface area contributed by atoms with Crippen molar-refractivity contribution < 1.29 is 14.6 Å². The molecule has 0 aromatic heterocycles. The Morgan fingerprint density at radius 2 is 2.05 bits per heavy atom. The first-order valence-corrected chi connectivity index (χ1v) is 6.45. The van der Waals surface area contributed by atoms with E-state index in [1.165, 1.54) is 0 Å². The molecule has 5 nitrogen and oxygen atoms in total. The monoisotopic (exact) mass is 264 g/mol. The number of hydrogen-bond donors (Lipinski definition) is 3. The Morgan fingerprint density at radius 3 is 2.63 bits per heavy atom. The molecule has 0 spiro atoms. The zero-order valence-electron chi connectivity index (χ0n) is 11.4. The lowest BCUT2D eigenvalue weighted by molar-refractivity contribution is -0.125. The van der Waals surface area contributed by atoms with Crippen molar-refractivity contribution in [3.8, 4) is 5.75 Å². The predicted octanol–water partition coefficient (Wildman–Crippen LogP) is 1.42. The summed E-state index contributed by atoms with van der Waals surface area (Å²) in [5, 5.41) is 12.7. The maximum Gasteiger partial charge on any atom is 0.265 e. The van der Waals surface area contributed by atoms with Crippen molar-refractivity contribution in [1.82, 2.24) is 0 Å². The van der Waals surface area contributed by atoms with Crippen LogP contribution in [0.1, 0.15) is 32.4 Å². The van der Waals surface area contributed by atoms with Crippen LogP contribution in [0.5, 0.6) is 5.75 Å². The van der Waals surface area contributed by atoms with Crippen LogP contribution in [-0.2, 0) is 4.79 Å². The van der Waals surface area contributed by atoms with Gasteiger partial charge in [0.15, 0.2) is 6.10 Å². The van der Waals surface area contributed by atoms with Crippen molar-refractivity contribution in [3.63, 3.8) is 0 Å². The van der Waals surface area contributed by atoms with E-state index in [2.05, 4.69) is 5.32 Å². The van der Waals surface area contributed by atoms with E-state index < -0.39 is 12.2 Å². The highest BCUT2D eigenvalue weighted by Gasteiger charge is 2.30. The molecule has 3 atom stereocenters. The summed E-state index contributed by atoms with van der Waals surface area (Å²) in [4.78, 5) is 11.9. The van der Waals surface area contributed by atoms with Crippen molar-refractivity contribution in [2.24, 2.45) is 11.7 Å². The Kier molecular flexibility index (Phi) is 3.78. The molecule has 19 heavy (non-hydrogen) atoms. The van der Waals surface area contributed by atoms with Gasteiger partial charge in [0.25, 0.3) is 5.91 Å². The molecule has 2 rings (SSSR count). The fraction of sp³-hybridized carbons (Fsp3) is 0.500. The van der Waals surface area contributed by atoms with Gasteiger partial charge >= 0.3 is 0 Å². The van der Waals surface area contributed by atoms with E-state index in [1.54, 1.807) is 25.1 Å². The SMILES string of the molecule is CC(C)C1Oc2ccc(C(O)C(C)N)cc2NC1=O. The van der Waals surface area contributed by atoms with Crippen LogP contribution in [0, 0.1) is 5.92 Å². The van der Waals surface area contributed by atoms with E-state index in [-0.39, 0.29) is 17.9 Å². The molecule has 0 saturated carbocycles. The first-order valence-electron chi connectivity index (χ1n) is 6.45. The Morgan fingerprint density at radius 1 is 1.37 bits per heavy atom. The fourth-order valence-corrected chi connectivity index (χ4v) is 2.07. The van der Waals surface area contributed by atoms with Crippen molar-refractivity contribution in [3.05, 3.63) is 23.8 Å². The highest BCUT2D eigenvalue weighted by Crippen LogP contribution is 2.34. The molecule has 3 unspecified atom stereocenters. The summed E-state index contributed by atoms with van der Waals surface area (Å²) in [6, 6.07) is 4.85. The summed E-state index contributed by atoms with van der Waals surface area (Å²) in [7, 11) is 0. The summed E-state index contributed by atoms with van der Waals surface area (Å²) in [6.45, 7) is 5.60. The number of aliphatic hydroxyl groups is 1. The topological polar surface area (TPSA) is 84.6 Å². The van der Waals surface area contributed by atoms with E-state index in [0.717, 1.165) is 0 Å². The van der Waals surface area contributed by atoms with Crippen LogP contribution in [-0.4, -0.2) is 23.2 Å². The number of nitrogens with one attached hydrogen (secondary N) is 1. The smallest absolute Gasteiger partial charge is 0.265 e. The second kappa shape index (κ2) is 5.19.